The second-order valence-corrected chi connectivity index (χ2v) is 8.48. The van der Waals surface area contributed by atoms with E-state index in [0.717, 1.165) is 24.6 Å². The molecule has 0 aliphatic rings. The third-order valence-electron chi connectivity index (χ3n) is 3.93. The molecule has 27 heavy (non-hydrogen) atoms. The molecule has 2 aromatic rings. The average Bonchev–Trinajstić information content (AvgIpc) is 2.60. The Labute approximate surface area is 160 Å². The summed E-state index contributed by atoms with van der Waals surface area (Å²) in [5.41, 5.74) is 0.718. The summed E-state index contributed by atoms with van der Waals surface area (Å²) in [6, 6.07) is 9.12. The first-order valence-corrected chi connectivity index (χ1v) is 9.48. The summed E-state index contributed by atoms with van der Waals surface area (Å²) < 4.78 is 27.6. The van der Waals surface area contributed by atoms with Crippen LogP contribution in [0.3, 0.4) is 0 Å². The predicted octanol–water partition coefficient (Wildman–Crippen LogP) is 3.15. The molecule has 144 valence electrons. The number of rotatable bonds is 7. The molecule has 0 heterocycles. The highest BCUT2D eigenvalue weighted by atomic mass is 35.5. The number of aryl methyl sites for hydroxylation is 1. The van der Waals surface area contributed by atoms with Gasteiger partial charge < -0.3 is 0 Å². The summed E-state index contributed by atoms with van der Waals surface area (Å²) in [6.45, 7) is 2.84. The first-order chi connectivity index (χ1) is 12.4. The van der Waals surface area contributed by atoms with Gasteiger partial charge >= 0.3 is 5.00 Å². The number of halogens is 1. The number of non-ortho nitro benzene ring substituents is 1. The molecule has 0 saturated carbocycles. The lowest BCUT2D eigenvalue weighted by Gasteiger charge is -2.26. The van der Waals surface area contributed by atoms with Gasteiger partial charge in [0.1, 0.15) is 6.04 Å². The molecule has 0 unspecified atom stereocenters. The first-order valence-electron chi connectivity index (χ1n) is 7.62. The van der Waals surface area contributed by atoms with Gasteiger partial charge in [0, 0.05) is 24.0 Å². The van der Waals surface area contributed by atoms with Crippen LogP contribution in [0.15, 0.2) is 53.4 Å². The van der Waals surface area contributed by atoms with E-state index in [1.807, 2.05) is 0 Å². The van der Waals surface area contributed by atoms with Crippen LogP contribution < -0.4 is 4.72 Å². The van der Waals surface area contributed by atoms with Gasteiger partial charge in [-0.2, -0.15) is 4.72 Å². The zero-order valence-electron chi connectivity index (χ0n) is 14.3. The Hall–Kier alpha value is -2.56. The Morgan fingerprint density at radius 2 is 1.56 bits per heavy atom. The highest BCUT2D eigenvalue weighted by Crippen LogP contribution is 2.34. The SMILES string of the molecule is Cc1ccc(S(=O)(=O)N[C@@H](c2ccc([N+](=O)[O-])cc2)[C@](C)(Cl)[N+](=O)[O-])cc1. The summed E-state index contributed by atoms with van der Waals surface area (Å²) >= 11 is 6.03. The summed E-state index contributed by atoms with van der Waals surface area (Å²) in [5.74, 6) is 0. The van der Waals surface area contributed by atoms with Gasteiger partial charge in [0.25, 0.3) is 5.69 Å². The van der Waals surface area contributed by atoms with Crippen molar-refractivity contribution in [2.75, 3.05) is 0 Å². The topological polar surface area (TPSA) is 132 Å². The lowest BCUT2D eigenvalue weighted by atomic mass is 10.0. The van der Waals surface area contributed by atoms with Gasteiger partial charge in [0.2, 0.25) is 10.0 Å². The van der Waals surface area contributed by atoms with Gasteiger partial charge in [-0.3, -0.25) is 20.2 Å². The van der Waals surface area contributed by atoms with Crippen LogP contribution in [0.25, 0.3) is 0 Å². The number of nitrogens with zero attached hydrogens (tertiary/aromatic N) is 2. The van der Waals surface area contributed by atoms with Gasteiger partial charge in [-0.25, -0.2) is 8.42 Å². The molecule has 2 rings (SSSR count). The van der Waals surface area contributed by atoms with E-state index in [-0.39, 0.29) is 16.1 Å². The van der Waals surface area contributed by atoms with Crippen LogP contribution >= 0.6 is 11.6 Å². The fourth-order valence-electron chi connectivity index (χ4n) is 2.31. The largest absolute Gasteiger partial charge is 0.312 e. The van der Waals surface area contributed by atoms with Crippen molar-refractivity contribution >= 4 is 27.3 Å². The maximum absolute atomic E-state index is 12.7. The minimum atomic E-state index is -4.14. The van der Waals surface area contributed by atoms with Gasteiger partial charge in [-0.05, 0) is 36.2 Å². The van der Waals surface area contributed by atoms with Gasteiger partial charge in [-0.1, -0.05) is 29.8 Å². The molecular weight excluding hydrogens is 398 g/mol. The van der Waals surface area contributed by atoms with Crippen LogP contribution in [0.5, 0.6) is 0 Å². The Morgan fingerprint density at radius 1 is 1.04 bits per heavy atom. The number of benzene rings is 2. The maximum atomic E-state index is 12.7. The summed E-state index contributed by atoms with van der Waals surface area (Å²) in [5, 5.41) is 22.2. The number of nitro groups is 2. The summed E-state index contributed by atoms with van der Waals surface area (Å²) in [6.07, 6.45) is 0. The molecule has 0 aliphatic heterocycles. The summed E-state index contributed by atoms with van der Waals surface area (Å²) in [7, 11) is -4.14. The van der Waals surface area contributed by atoms with Crippen LogP contribution in [0.2, 0.25) is 0 Å². The average molecular weight is 414 g/mol. The molecule has 0 aromatic heterocycles. The molecule has 11 heteroatoms. The smallest absolute Gasteiger partial charge is 0.263 e. The Morgan fingerprint density at radius 3 is 2.00 bits per heavy atom. The van der Waals surface area contributed by atoms with Gasteiger partial charge in [0.05, 0.1) is 9.82 Å². The van der Waals surface area contributed by atoms with E-state index in [2.05, 4.69) is 4.72 Å². The fourth-order valence-corrected chi connectivity index (χ4v) is 3.87. The summed E-state index contributed by atoms with van der Waals surface area (Å²) in [4.78, 5) is 18.4. The number of nitrogens with one attached hydrogen (secondary N) is 1. The van der Waals surface area contributed by atoms with E-state index in [1.54, 1.807) is 19.1 Å². The molecule has 0 radical (unpaired) electrons. The van der Waals surface area contributed by atoms with E-state index in [0.29, 0.717) is 0 Å². The fraction of sp³-hybridized carbons (Fsp3) is 0.250. The van der Waals surface area contributed by atoms with Crippen LogP contribution in [0.4, 0.5) is 5.69 Å². The molecule has 0 bridgehead atoms. The van der Waals surface area contributed by atoms with E-state index in [1.165, 1.54) is 24.3 Å². The first kappa shape index (κ1) is 20.7. The van der Waals surface area contributed by atoms with E-state index >= 15 is 0 Å². The van der Waals surface area contributed by atoms with E-state index < -0.39 is 30.9 Å². The molecule has 0 amide bonds. The third-order valence-corrected chi connectivity index (χ3v) is 5.72. The van der Waals surface area contributed by atoms with Crippen molar-refractivity contribution in [3.8, 4) is 0 Å². The number of nitro benzene ring substituents is 1. The Bertz CT molecular complexity index is 959. The van der Waals surface area contributed by atoms with E-state index in [9.17, 15) is 28.6 Å². The predicted molar refractivity (Wildman–Crippen MR) is 98.6 cm³/mol. The normalized spacial score (nSPS) is 14.9. The molecular formula is C16H16ClN3O6S. The quantitative estimate of drug-likeness (QED) is 0.321. The Kier molecular flexibility index (Phi) is 5.83. The molecule has 0 aliphatic carbocycles. The van der Waals surface area contributed by atoms with Crippen molar-refractivity contribution in [1.82, 2.24) is 4.72 Å². The van der Waals surface area contributed by atoms with Crippen molar-refractivity contribution in [3.63, 3.8) is 0 Å². The van der Waals surface area contributed by atoms with Crippen LogP contribution in [-0.2, 0) is 10.0 Å². The van der Waals surface area contributed by atoms with Gasteiger partial charge in [-0.15, -0.1) is 0 Å². The number of sulfonamides is 1. The van der Waals surface area contributed by atoms with Crippen LogP contribution in [0.1, 0.15) is 24.1 Å². The second-order valence-electron chi connectivity index (χ2n) is 6.00. The molecule has 1 N–H and O–H groups in total. The zero-order chi connectivity index (χ0) is 20.4. The molecule has 0 saturated heterocycles. The van der Waals surface area contributed by atoms with Crippen molar-refractivity contribution in [3.05, 3.63) is 79.9 Å². The van der Waals surface area contributed by atoms with E-state index in [4.69, 9.17) is 11.6 Å². The second kappa shape index (κ2) is 7.59. The number of alkyl halides is 1. The zero-order valence-corrected chi connectivity index (χ0v) is 15.9. The van der Waals surface area contributed by atoms with Crippen molar-refractivity contribution in [2.45, 2.75) is 29.8 Å². The minimum Gasteiger partial charge on any atom is -0.263 e. The highest BCUT2D eigenvalue weighted by molar-refractivity contribution is 7.89. The highest BCUT2D eigenvalue weighted by Gasteiger charge is 2.47. The van der Waals surface area contributed by atoms with Crippen molar-refractivity contribution < 1.29 is 18.3 Å². The monoisotopic (exact) mass is 413 g/mol. The van der Waals surface area contributed by atoms with Crippen molar-refractivity contribution in [2.24, 2.45) is 0 Å². The molecule has 0 spiro atoms. The minimum absolute atomic E-state index is 0.0872. The van der Waals surface area contributed by atoms with Crippen LogP contribution in [-0.4, -0.2) is 23.3 Å². The van der Waals surface area contributed by atoms with Gasteiger partial charge in [0.15, 0.2) is 0 Å². The van der Waals surface area contributed by atoms with Crippen molar-refractivity contribution in [1.29, 1.82) is 0 Å². The number of hydrogen-bond acceptors (Lipinski definition) is 6. The molecule has 2 atom stereocenters. The standard InChI is InChI=1S/C16H16ClN3O6S/c1-11-3-9-14(10-4-11)27(25,26)18-15(16(2,17)20(23)24)12-5-7-13(8-6-12)19(21)22/h3-10,15,18H,1-2H3/t15-,16+/m0/s1. The lowest BCUT2D eigenvalue weighted by molar-refractivity contribution is -0.542. The van der Waals surface area contributed by atoms with Crippen LogP contribution in [0, 0.1) is 27.2 Å². The molecule has 2 aromatic carbocycles. The Balaban J connectivity index is 2.48. The molecule has 9 nitrogen and oxygen atoms in total. The third kappa shape index (κ3) is 4.59. The number of hydrogen-bond donors (Lipinski definition) is 1. The molecule has 0 fully saturated rings. The maximum Gasteiger partial charge on any atom is 0.312 e. The lowest BCUT2D eigenvalue weighted by Crippen LogP contribution is -2.45.